The van der Waals surface area contributed by atoms with Crippen LogP contribution in [0, 0.1) is 10.8 Å². The van der Waals surface area contributed by atoms with Crippen LogP contribution in [0.25, 0.3) is 11.1 Å². The number of pyridine rings is 1. The van der Waals surface area contributed by atoms with Crippen molar-refractivity contribution in [2.24, 2.45) is 11.1 Å². The molecule has 0 saturated carbocycles. The van der Waals surface area contributed by atoms with E-state index >= 15 is 0 Å². The number of aromatic nitrogens is 1. The Bertz CT molecular complexity index is 1880. The van der Waals surface area contributed by atoms with Crippen LogP contribution in [0.5, 0.6) is 0 Å². The van der Waals surface area contributed by atoms with Crippen molar-refractivity contribution in [3.8, 4) is 11.1 Å². The van der Waals surface area contributed by atoms with Crippen LogP contribution in [0.3, 0.4) is 0 Å². The number of amides is 2. The number of hydrogen-bond donors (Lipinski definition) is 8. The van der Waals surface area contributed by atoms with E-state index in [2.05, 4.69) is 15.6 Å². The Morgan fingerprint density at radius 2 is 1.36 bits per heavy atom. The SMILES string of the molecule is CN(C)c1ccc(-c2ccc(C(=O)N[C@H](CO)C(C)(C)C)cc2C(=O)O)c(C(=O)Nc2ccc(C(=N)N)cc2)n1.CS(=O)(=O)O.CS(=O)(=O)O. The molecule has 50 heavy (non-hydrogen) atoms. The number of nitrogens with two attached hydrogens (primary N) is 1. The fourth-order valence-corrected chi connectivity index (χ4v) is 3.89. The molecule has 0 aliphatic heterocycles. The second-order valence-electron chi connectivity index (χ2n) is 12.0. The van der Waals surface area contributed by atoms with Crippen LogP contribution in [0.2, 0.25) is 0 Å². The molecule has 0 bridgehead atoms. The Morgan fingerprint density at radius 1 is 0.880 bits per heavy atom. The van der Waals surface area contributed by atoms with Gasteiger partial charge >= 0.3 is 5.97 Å². The molecule has 1 atom stereocenters. The molecule has 0 unspecified atom stereocenters. The lowest BCUT2D eigenvalue weighted by Crippen LogP contribution is -2.46. The van der Waals surface area contributed by atoms with Gasteiger partial charge < -0.3 is 31.5 Å². The Hall–Kier alpha value is -4.95. The summed E-state index contributed by atoms with van der Waals surface area (Å²) >= 11 is 0. The Labute approximate surface area is 290 Å². The molecule has 9 N–H and O–H groups in total. The number of nitrogen functional groups attached to an aromatic ring is 1. The van der Waals surface area contributed by atoms with Gasteiger partial charge in [-0.25, -0.2) is 9.78 Å². The smallest absolute Gasteiger partial charge is 0.336 e. The number of rotatable bonds is 9. The minimum absolute atomic E-state index is 0.0189. The third kappa shape index (κ3) is 15.1. The maximum atomic E-state index is 13.4. The van der Waals surface area contributed by atoms with Crippen LogP contribution >= 0.6 is 0 Å². The van der Waals surface area contributed by atoms with Gasteiger partial charge in [0, 0.05) is 36.5 Å². The highest BCUT2D eigenvalue weighted by Crippen LogP contribution is 2.30. The summed E-state index contributed by atoms with van der Waals surface area (Å²) in [6.07, 6.45) is 1.43. The van der Waals surface area contributed by atoms with E-state index in [-0.39, 0.29) is 40.4 Å². The molecule has 3 rings (SSSR count). The molecule has 2 aromatic carbocycles. The molecule has 3 aromatic rings. The number of hydrogen-bond acceptors (Lipinski definition) is 11. The fourth-order valence-electron chi connectivity index (χ4n) is 3.89. The first-order valence-corrected chi connectivity index (χ1v) is 18.0. The van der Waals surface area contributed by atoms with Crippen molar-refractivity contribution in [3.63, 3.8) is 0 Å². The minimum Gasteiger partial charge on any atom is -0.478 e. The first-order valence-electron chi connectivity index (χ1n) is 14.3. The number of carbonyl (C=O) groups is 3. The molecule has 2 amide bonds. The molecule has 0 aliphatic rings. The summed E-state index contributed by atoms with van der Waals surface area (Å²) in [6, 6.07) is 13.3. The number of amidine groups is 1. The van der Waals surface area contributed by atoms with Crippen molar-refractivity contribution in [1.82, 2.24) is 10.3 Å². The summed E-state index contributed by atoms with van der Waals surface area (Å²) in [5, 5.41) is 32.8. The van der Waals surface area contributed by atoms with Gasteiger partial charge in [0.2, 0.25) is 0 Å². The number of carbonyl (C=O) groups excluding carboxylic acids is 2. The number of carboxylic acids is 1. The van der Waals surface area contributed by atoms with E-state index in [1.54, 1.807) is 55.4 Å². The van der Waals surface area contributed by atoms with Gasteiger partial charge in [-0.05, 0) is 59.5 Å². The lowest BCUT2D eigenvalue weighted by Gasteiger charge is -2.29. The Balaban J connectivity index is 0.00000109. The average Bonchev–Trinajstić information content (AvgIpc) is 2.97. The third-order valence-corrected chi connectivity index (χ3v) is 6.34. The zero-order valence-corrected chi connectivity index (χ0v) is 30.0. The van der Waals surface area contributed by atoms with Crippen molar-refractivity contribution in [2.75, 3.05) is 43.4 Å². The quantitative estimate of drug-likeness (QED) is 0.0887. The standard InChI is InChI=1S/C29H34N6O5.2CH4O3S/c1-29(2,3)22(15-36)33-26(37)17-8-11-19(21(14-17)28(39)40)20-12-13-23(35(4)5)34-24(20)27(38)32-18-9-6-16(7-10-18)25(30)31;2*1-5(2,3)4/h6-14,22,36H,15H2,1-5H3,(H3,30,31)(H,32,38)(H,33,37)(H,39,40);2*1H3,(H,2,3,4)/t22-;;/m1../s1. The molecule has 0 saturated heterocycles. The monoisotopic (exact) mass is 738 g/mol. The lowest BCUT2D eigenvalue weighted by molar-refractivity contribution is 0.0697. The van der Waals surface area contributed by atoms with Crippen LogP contribution in [0.15, 0.2) is 54.6 Å². The summed E-state index contributed by atoms with van der Waals surface area (Å²) in [7, 11) is -3.81. The molecule has 1 aromatic heterocycles. The number of carboxylic acid groups (broad SMARTS) is 1. The van der Waals surface area contributed by atoms with Crippen LogP contribution in [-0.2, 0) is 20.2 Å². The number of aliphatic hydroxyl groups excluding tert-OH is 1. The molecule has 19 heteroatoms. The molecule has 0 radical (unpaired) electrons. The second-order valence-corrected chi connectivity index (χ2v) is 14.9. The van der Waals surface area contributed by atoms with Crippen molar-refractivity contribution in [3.05, 3.63) is 77.0 Å². The van der Waals surface area contributed by atoms with Gasteiger partial charge in [-0.3, -0.25) is 24.1 Å². The van der Waals surface area contributed by atoms with Gasteiger partial charge in [0.05, 0.1) is 30.7 Å². The van der Waals surface area contributed by atoms with Gasteiger partial charge in [0.15, 0.2) is 0 Å². The first kappa shape index (κ1) is 43.1. The van der Waals surface area contributed by atoms with Gasteiger partial charge in [-0.15, -0.1) is 0 Å². The van der Waals surface area contributed by atoms with Crippen molar-refractivity contribution in [1.29, 1.82) is 5.41 Å². The first-order chi connectivity index (χ1) is 22.7. The Morgan fingerprint density at radius 3 is 1.78 bits per heavy atom. The summed E-state index contributed by atoms with van der Waals surface area (Å²) in [5.74, 6) is -2.03. The zero-order chi connectivity index (χ0) is 38.8. The van der Waals surface area contributed by atoms with Gasteiger partial charge in [0.25, 0.3) is 32.1 Å². The van der Waals surface area contributed by atoms with E-state index < -0.39 is 49.5 Å². The van der Waals surface area contributed by atoms with Gasteiger partial charge in [-0.1, -0.05) is 26.8 Å². The molecule has 0 spiro atoms. The van der Waals surface area contributed by atoms with Crippen molar-refractivity contribution < 1.29 is 50.5 Å². The molecule has 17 nitrogen and oxygen atoms in total. The molecule has 0 aliphatic carbocycles. The largest absolute Gasteiger partial charge is 0.478 e. The normalized spacial score (nSPS) is 11.8. The predicted octanol–water partition coefficient (Wildman–Crippen LogP) is 2.19. The highest BCUT2D eigenvalue weighted by molar-refractivity contribution is 7.85. The second kappa shape index (κ2) is 17.6. The summed E-state index contributed by atoms with van der Waals surface area (Å²) in [4.78, 5) is 44.8. The molecular formula is C31H42N6O11S2. The number of nitrogens with one attached hydrogen (secondary N) is 3. The number of aromatic carboxylic acids is 1. The highest BCUT2D eigenvalue weighted by Gasteiger charge is 2.27. The number of aliphatic hydroxyl groups is 1. The van der Waals surface area contributed by atoms with E-state index in [0.29, 0.717) is 29.6 Å². The average molecular weight is 739 g/mol. The number of anilines is 2. The molecule has 0 fully saturated rings. The van der Waals surface area contributed by atoms with Gasteiger partial charge in [0.1, 0.15) is 17.3 Å². The maximum absolute atomic E-state index is 13.4. The highest BCUT2D eigenvalue weighted by atomic mass is 32.2. The number of benzene rings is 2. The molecular weight excluding hydrogens is 697 g/mol. The fraction of sp³-hybridized carbons (Fsp3) is 0.323. The minimum atomic E-state index is -3.67. The van der Waals surface area contributed by atoms with E-state index in [1.807, 2.05) is 20.8 Å². The van der Waals surface area contributed by atoms with Crippen molar-refractivity contribution >= 4 is 55.4 Å². The third-order valence-electron chi connectivity index (χ3n) is 6.34. The van der Waals surface area contributed by atoms with Crippen LogP contribution < -0.4 is 21.3 Å². The summed E-state index contributed by atoms with van der Waals surface area (Å²) < 4.78 is 51.7. The maximum Gasteiger partial charge on any atom is 0.336 e. The van der Waals surface area contributed by atoms with E-state index in [4.69, 9.17) is 20.2 Å². The van der Waals surface area contributed by atoms with Gasteiger partial charge in [-0.2, -0.15) is 16.8 Å². The van der Waals surface area contributed by atoms with E-state index in [1.165, 1.54) is 18.2 Å². The van der Waals surface area contributed by atoms with Crippen LogP contribution in [0.1, 0.15) is 57.5 Å². The van der Waals surface area contributed by atoms with E-state index in [0.717, 1.165) is 0 Å². The lowest BCUT2D eigenvalue weighted by atomic mass is 9.87. The summed E-state index contributed by atoms with van der Waals surface area (Å²) in [5.41, 5.74) is 6.35. The molecule has 1 heterocycles. The van der Waals surface area contributed by atoms with Crippen molar-refractivity contribution in [2.45, 2.75) is 26.8 Å². The predicted molar refractivity (Wildman–Crippen MR) is 189 cm³/mol. The zero-order valence-electron chi connectivity index (χ0n) is 28.4. The topological polar surface area (TPSA) is 290 Å². The number of nitrogens with zero attached hydrogens (tertiary/aromatic N) is 2. The van der Waals surface area contributed by atoms with E-state index in [9.17, 15) is 41.4 Å². The molecule has 274 valence electrons. The summed E-state index contributed by atoms with van der Waals surface area (Å²) in [6.45, 7) is 5.33. The van der Waals surface area contributed by atoms with Crippen LogP contribution in [0.4, 0.5) is 11.5 Å². The Kier molecular flexibility index (Phi) is 15.2. The van der Waals surface area contributed by atoms with Crippen LogP contribution in [-0.4, -0.2) is 104 Å².